The summed E-state index contributed by atoms with van der Waals surface area (Å²) in [7, 11) is 0. The van der Waals surface area contributed by atoms with Crippen LogP contribution in [0.15, 0.2) is 5.16 Å². The van der Waals surface area contributed by atoms with Crippen molar-refractivity contribution in [1.29, 1.82) is 0 Å². The molecule has 0 radical (unpaired) electrons. The summed E-state index contributed by atoms with van der Waals surface area (Å²) in [6.45, 7) is 3.67. The summed E-state index contributed by atoms with van der Waals surface area (Å²) in [4.78, 5) is 10.5. The van der Waals surface area contributed by atoms with Gasteiger partial charge in [-0.2, -0.15) is 0 Å². The number of amides is 1. The van der Waals surface area contributed by atoms with E-state index >= 15 is 0 Å². The Bertz CT molecular complexity index is 154. The average Bonchev–Trinajstić information content (AvgIpc) is 1.88. The molecule has 0 rings (SSSR count). The van der Waals surface area contributed by atoms with E-state index in [0.717, 1.165) is 6.42 Å². The van der Waals surface area contributed by atoms with Gasteiger partial charge < -0.3 is 10.9 Å². The van der Waals surface area contributed by atoms with Crippen molar-refractivity contribution in [2.45, 2.75) is 20.3 Å². The molecule has 0 aliphatic heterocycles. The molecule has 58 valence electrons. The molecule has 0 aromatic rings. The van der Waals surface area contributed by atoms with Gasteiger partial charge in [-0.05, 0) is 6.42 Å². The number of rotatable bonds is 3. The maximum absolute atomic E-state index is 10.5. The molecule has 0 aliphatic carbocycles. The van der Waals surface area contributed by atoms with Crippen molar-refractivity contribution < 1.29 is 10.0 Å². The summed E-state index contributed by atoms with van der Waals surface area (Å²) in [5.41, 5.74) is 4.94. The zero-order valence-electron chi connectivity index (χ0n) is 6.16. The highest BCUT2D eigenvalue weighted by Gasteiger charge is 2.14. The van der Waals surface area contributed by atoms with Crippen LogP contribution in [-0.2, 0) is 4.79 Å². The van der Waals surface area contributed by atoms with Gasteiger partial charge in [-0.3, -0.25) is 4.79 Å². The van der Waals surface area contributed by atoms with E-state index in [-0.39, 0.29) is 11.6 Å². The first-order valence-electron chi connectivity index (χ1n) is 3.15. The van der Waals surface area contributed by atoms with Gasteiger partial charge in [0.15, 0.2) is 0 Å². The predicted octanol–water partition coefficient (Wildman–Crippen LogP) is 0.348. The standard InChI is InChI=1S/C6H12N2O2/c1-3-4(2)5(8-10)6(7)9/h4,10H,3H2,1-2H3,(H2,7,9)/b8-5+. The number of oxime groups is 1. The lowest BCUT2D eigenvalue weighted by Crippen LogP contribution is -2.28. The van der Waals surface area contributed by atoms with Gasteiger partial charge >= 0.3 is 0 Å². The Hall–Kier alpha value is -1.06. The first-order chi connectivity index (χ1) is 4.63. The average molecular weight is 144 g/mol. The van der Waals surface area contributed by atoms with E-state index in [1.54, 1.807) is 6.92 Å². The van der Waals surface area contributed by atoms with Gasteiger partial charge in [-0.25, -0.2) is 0 Å². The molecule has 0 aromatic heterocycles. The molecule has 0 heterocycles. The molecule has 1 amide bonds. The van der Waals surface area contributed by atoms with E-state index < -0.39 is 5.91 Å². The smallest absolute Gasteiger partial charge is 0.266 e. The summed E-state index contributed by atoms with van der Waals surface area (Å²) < 4.78 is 0. The molecular weight excluding hydrogens is 132 g/mol. The highest BCUT2D eigenvalue weighted by molar-refractivity contribution is 6.38. The Morgan fingerprint density at radius 2 is 2.30 bits per heavy atom. The molecule has 10 heavy (non-hydrogen) atoms. The second kappa shape index (κ2) is 3.87. The Kier molecular flexibility index (Phi) is 3.46. The lowest BCUT2D eigenvalue weighted by molar-refractivity contribution is -0.112. The zero-order valence-corrected chi connectivity index (χ0v) is 6.16. The Morgan fingerprint density at radius 1 is 1.80 bits per heavy atom. The van der Waals surface area contributed by atoms with Crippen molar-refractivity contribution in [3.63, 3.8) is 0 Å². The van der Waals surface area contributed by atoms with Gasteiger partial charge in [0.05, 0.1) is 0 Å². The second-order valence-electron chi connectivity index (χ2n) is 2.16. The van der Waals surface area contributed by atoms with Crippen LogP contribution in [0.5, 0.6) is 0 Å². The fraction of sp³-hybridized carbons (Fsp3) is 0.667. The first-order valence-corrected chi connectivity index (χ1v) is 3.15. The largest absolute Gasteiger partial charge is 0.410 e. The minimum absolute atomic E-state index is 0.0440. The number of nitrogens with zero attached hydrogens (tertiary/aromatic N) is 1. The molecule has 4 heteroatoms. The molecule has 0 bridgehead atoms. The zero-order chi connectivity index (χ0) is 8.15. The van der Waals surface area contributed by atoms with Gasteiger partial charge in [0.1, 0.15) is 5.71 Å². The molecule has 1 atom stereocenters. The van der Waals surface area contributed by atoms with Crippen molar-refractivity contribution in [3.8, 4) is 0 Å². The van der Waals surface area contributed by atoms with Gasteiger partial charge in [0.25, 0.3) is 5.91 Å². The SMILES string of the molecule is CCC(C)/C(=N\O)C(N)=O. The molecule has 4 nitrogen and oxygen atoms in total. The second-order valence-corrected chi connectivity index (χ2v) is 2.16. The fourth-order valence-electron chi connectivity index (χ4n) is 0.584. The van der Waals surface area contributed by atoms with Crippen LogP contribution in [0.25, 0.3) is 0 Å². The van der Waals surface area contributed by atoms with Crippen LogP contribution in [0.3, 0.4) is 0 Å². The summed E-state index contributed by atoms with van der Waals surface area (Å²) in [5, 5.41) is 11.1. The van der Waals surface area contributed by atoms with Crippen LogP contribution in [0.2, 0.25) is 0 Å². The minimum atomic E-state index is -0.656. The molecular formula is C6H12N2O2. The van der Waals surface area contributed by atoms with Gasteiger partial charge in [0.2, 0.25) is 0 Å². The number of nitrogens with two attached hydrogens (primary N) is 1. The summed E-state index contributed by atoms with van der Waals surface area (Å²) in [5.74, 6) is -0.723. The quantitative estimate of drug-likeness (QED) is 0.340. The number of carbonyl (C=O) groups is 1. The van der Waals surface area contributed by atoms with E-state index in [1.165, 1.54) is 0 Å². The molecule has 0 saturated heterocycles. The van der Waals surface area contributed by atoms with Crippen LogP contribution in [0.1, 0.15) is 20.3 Å². The normalized spacial score (nSPS) is 14.8. The lowest BCUT2D eigenvalue weighted by Gasteiger charge is -2.05. The first kappa shape index (κ1) is 8.94. The highest BCUT2D eigenvalue weighted by Crippen LogP contribution is 2.02. The van der Waals surface area contributed by atoms with Crippen molar-refractivity contribution in [2.75, 3.05) is 0 Å². The lowest BCUT2D eigenvalue weighted by atomic mass is 10.0. The van der Waals surface area contributed by atoms with E-state index in [4.69, 9.17) is 10.9 Å². The van der Waals surface area contributed by atoms with Crippen LogP contribution >= 0.6 is 0 Å². The predicted molar refractivity (Wildman–Crippen MR) is 37.9 cm³/mol. The Labute approximate surface area is 59.7 Å². The van der Waals surface area contributed by atoms with Crippen molar-refractivity contribution >= 4 is 11.6 Å². The third kappa shape index (κ3) is 2.05. The van der Waals surface area contributed by atoms with Gasteiger partial charge in [0, 0.05) is 5.92 Å². The van der Waals surface area contributed by atoms with Gasteiger partial charge in [-0.15, -0.1) is 0 Å². The molecule has 0 spiro atoms. The molecule has 0 saturated carbocycles. The van der Waals surface area contributed by atoms with Crippen LogP contribution in [0.4, 0.5) is 0 Å². The number of primary amides is 1. The summed E-state index contributed by atoms with van der Waals surface area (Å²) in [6.07, 6.45) is 0.738. The van der Waals surface area contributed by atoms with Crippen molar-refractivity contribution in [2.24, 2.45) is 16.8 Å². The number of carbonyl (C=O) groups excluding carboxylic acids is 1. The van der Waals surface area contributed by atoms with E-state index in [2.05, 4.69) is 5.16 Å². The van der Waals surface area contributed by atoms with E-state index in [1.807, 2.05) is 6.92 Å². The molecule has 3 N–H and O–H groups in total. The third-order valence-corrected chi connectivity index (χ3v) is 1.44. The molecule has 0 aliphatic rings. The Balaban J connectivity index is 4.23. The number of hydrogen-bond acceptors (Lipinski definition) is 3. The highest BCUT2D eigenvalue weighted by atomic mass is 16.4. The number of hydrogen-bond donors (Lipinski definition) is 2. The summed E-state index contributed by atoms with van der Waals surface area (Å²) in [6, 6.07) is 0. The molecule has 0 fully saturated rings. The third-order valence-electron chi connectivity index (χ3n) is 1.44. The van der Waals surface area contributed by atoms with E-state index in [9.17, 15) is 4.79 Å². The fourth-order valence-corrected chi connectivity index (χ4v) is 0.584. The monoisotopic (exact) mass is 144 g/mol. The molecule has 1 unspecified atom stereocenters. The Morgan fingerprint density at radius 3 is 2.40 bits per heavy atom. The maximum Gasteiger partial charge on any atom is 0.266 e. The maximum atomic E-state index is 10.5. The topological polar surface area (TPSA) is 75.7 Å². The van der Waals surface area contributed by atoms with E-state index in [0.29, 0.717) is 0 Å². The van der Waals surface area contributed by atoms with Crippen LogP contribution < -0.4 is 5.73 Å². The van der Waals surface area contributed by atoms with Crippen molar-refractivity contribution in [3.05, 3.63) is 0 Å². The molecule has 0 aromatic carbocycles. The summed E-state index contributed by atoms with van der Waals surface area (Å²) >= 11 is 0. The minimum Gasteiger partial charge on any atom is -0.410 e. The van der Waals surface area contributed by atoms with Crippen LogP contribution in [-0.4, -0.2) is 16.8 Å². The van der Waals surface area contributed by atoms with Crippen LogP contribution in [0, 0.1) is 5.92 Å². The van der Waals surface area contributed by atoms with Gasteiger partial charge in [-0.1, -0.05) is 19.0 Å². The van der Waals surface area contributed by atoms with Crippen molar-refractivity contribution in [1.82, 2.24) is 0 Å².